The van der Waals surface area contributed by atoms with Gasteiger partial charge in [-0.25, -0.2) is 4.39 Å². The van der Waals surface area contributed by atoms with Gasteiger partial charge in [-0.3, -0.25) is 9.78 Å². The van der Waals surface area contributed by atoms with Gasteiger partial charge in [0, 0.05) is 57.2 Å². The van der Waals surface area contributed by atoms with Crippen molar-refractivity contribution in [1.29, 1.82) is 0 Å². The molecule has 1 atom stereocenters. The molecule has 0 bridgehead atoms. The Morgan fingerprint density at radius 3 is 2.76 bits per heavy atom. The van der Waals surface area contributed by atoms with Crippen LogP contribution in [0.4, 0.5) is 4.39 Å². The van der Waals surface area contributed by atoms with Crippen molar-refractivity contribution in [3.63, 3.8) is 0 Å². The fraction of sp³-hybridized carbons (Fsp3) is 0.548. The SMILES string of the molecule is Cc1cncc2c1c(CC1(C)CCN(CC3CCOCC3)C1)cn2-c1ccc(F)cc1C(=O)N(C)C(C)C. The van der Waals surface area contributed by atoms with Crippen LogP contribution in [-0.4, -0.2) is 71.2 Å². The molecular weight excluding hydrogens is 479 g/mol. The zero-order valence-electron chi connectivity index (χ0n) is 23.5. The van der Waals surface area contributed by atoms with Crippen molar-refractivity contribution < 1.29 is 13.9 Å². The number of nitrogens with zero attached hydrogens (tertiary/aromatic N) is 4. The first-order valence-electron chi connectivity index (χ1n) is 14.0. The maximum atomic E-state index is 14.4. The predicted molar refractivity (Wildman–Crippen MR) is 149 cm³/mol. The minimum Gasteiger partial charge on any atom is -0.381 e. The third-order valence-corrected chi connectivity index (χ3v) is 8.64. The molecule has 0 radical (unpaired) electrons. The molecule has 7 heteroatoms. The summed E-state index contributed by atoms with van der Waals surface area (Å²) in [5.74, 6) is 0.132. The summed E-state index contributed by atoms with van der Waals surface area (Å²) in [6.45, 7) is 13.6. The molecule has 1 unspecified atom stereocenters. The Morgan fingerprint density at radius 2 is 2.03 bits per heavy atom. The summed E-state index contributed by atoms with van der Waals surface area (Å²) in [6, 6.07) is 4.51. The van der Waals surface area contributed by atoms with Gasteiger partial charge in [0.05, 0.1) is 23.0 Å². The molecule has 3 aromatic rings. The third-order valence-electron chi connectivity index (χ3n) is 8.64. The van der Waals surface area contributed by atoms with Crippen molar-refractivity contribution in [3.05, 3.63) is 59.3 Å². The van der Waals surface area contributed by atoms with Crippen molar-refractivity contribution in [2.24, 2.45) is 11.3 Å². The van der Waals surface area contributed by atoms with E-state index in [2.05, 4.69) is 29.9 Å². The molecule has 1 amide bonds. The van der Waals surface area contributed by atoms with Crippen LogP contribution in [0.5, 0.6) is 0 Å². The Bertz CT molecular complexity index is 1310. The number of carbonyl (C=O) groups is 1. The number of halogens is 1. The van der Waals surface area contributed by atoms with Gasteiger partial charge in [0.2, 0.25) is 0 Å². The topological polar surface area (TPSA) is 50.6 Å². The fourth-order valence-corrected chi connectivity index (χ4v) is 6.27. The first-order chi connectivity index (χ1) is 18.1. The Balaban J connectivity index is 1.48. The van der Waals surface area contributed by atoms with Crippen LogP contribution in [0, 0.1) is 24.1 Å². The number of hydrogen-bond acceptors (Lipinski definition) is 4. The summed E-state index contributed by atoms with van der Waals surface area (Å²) in [5.41, 5.74) is 4.54. The third kappa shape index (κ3) is 5.36. The second-order valence-corrected chi connectivity index (χ2v) is 12.1. The largest absolute Gasteiger partial charge is 0.381 e. The summed E-state index contributed by atoms with van der Waals surface area (Å²) < 4.78 is 22.0. The number of rotatable bonds is 7. The zero-order chi connectivity index (χ0) is 27.0. The number of amides is 1. The zero-order valence-corrected chi connectivity index (χ0v) is 23.5. The molecule has 6 nitrogen and oxygen atoms in total. The van der Waals surface area contributed by atoms with Crippen molar-refractivity contribution >= 4 is 16.8 Å². The highest BCUT2D eigenvalue weighted by Crippen LogP contribution is 2.38. The summed E-state index contributed by atoms with van der Waals surface area (Å²) in [5, 5.41) is 1.18. The van der Waals surface area contributed by atoms with E-state index in [1.165, 1.54) is 23.1 Å². The van der Waals surface area contributed by atoms with Gasteiger partial charge in [-0.1, -0.05) is 6.92 Å². The van der Waals surface area contributed by atoms with Crippen molar-refractivity contribution in [2.45, 2.75) is 59.4 Å². The van der Waals surface area contributed by atoms with Crippen LogP contribution in [-0.2, 0) is 11.2 Å². The number of carbonyl (C=O) groups excluding carboxylic acids is 1. The molecule has 204 valence electrons. The van der Waals surface area contributed by atoms with Gasteiger partial charge in [-0.15, -0.1) is 0 Å². The standard InChI is InChI=1S/C31H41FN4O2/c1-21(2)34(5)30(37)26-14-25(32)6-7-27(26)36-19-24(29-22(3)16-33-17-28(29)36)15-31(4)10-11-35(20-31)18-23-8-12-38-13-9-23/h6-7,14,16-17,19,21,23H,8-13,15,18,20H2,1-5H3. The van der Waals surface area contributed by atoms with Crippen LogP contribution in [0.25, 0.3) is 16.6 Å². The lowest BCUT2D eigenvalue weighted by molar-refractivity contribution is 0.0542. The van der Waals surface area contributed by atoms with E-state index < -0.39 is 5.82 Å². The quantitative estimate of drug-likeness (QED) is 0.405. The molecule has 4 heterocycles. The first-order valence-corrected chi connectivity index (χ1v) is 14.0. The minimum absolute atomic E-state index is 0.00546. The highest BCUT2D eigenvalue weighted by Gasteiger charge is 2.36. The molecule has 2 fully saturated rings. The number of aromatic nitrogens is 2. The number of ether oxygens (including phenoxy) is 1. The van der Waals surface area contributed by atoms with Gasteiger partial charge < -0.3 is 19.1 Å². The molecule has 2 aromatic heterocycles. The minimum atomic E-state index is -0.414. The molecule has 0 saturated carbocycles. The van der Waals surface area contributed by atoms with E-state index in [1.807, 2.05) is 30.8 Å². The van der Waals surface area contributed by atoms with Gasteiger partial charge in [0.25, 0.3) is 5.91 Å². The van der Waals surface area contributed by atoms with Crippen molar-refractivity contribution in [3.8, 4) is 5.69 Å². The molecule has 38 heavy (non-hydrogen) atoms. The van der Waals surface area contributed by atoms with E-state index in [9.17, 15) is 9.18 Å². The van der Waals surface area contributed by atoms with Crippen LogP contribution >= 0.6 is 0 Å². The van der Waals surface area contributed by atoms with E-state index in [4.69, 9.17) is 4.74 Å². The maximum Gasteiger partial charge on any atom is 0.256 e. The van der Waals surface area contributed by atoms with Gasteiger partial charge in [-0.05, 0) is 93.7 Å². The second kappa shape index (κ2) is 10.8. The molecule has 2 saturated heterocycles. The number of aryl methyl sites for hydroxylation is 1. The van der Waals surface area contributed by atoms with Crippen LogP contribution < -0.4 is 0 Å². The number of hydrogen-bond donors (Lipinski definition) is 0. The van der Waals surface area contributed by atoms with Crippen molar-refractivity contribution in [1.82, 2.24) is 19.4 Å². The highest BCUT2D eigenvalue weighted by atomic mass is 19.1. The van der Waals surface area contributed by atoms with Gasteiger partial charge >= 0.3 is 0 Å². The fourth-order valence-electron chi connectivity index (χ4n) is 6.27. The van der Waals surface area contributed by atoms with Crippen LogP contribution in [0.2, 0.25) is 0 Å². The predicted octanol–water partition coefficient (Wildman–Crippen LogP) is 5.63. The molecular formula is C31H41FN4O2. The lowest BCUT2D eigenvalue weighted by atomic mass is 9.82. The number of pyridine rings is 1. The van der Waals surface area contributed by atoms with Crippen molar-refractivity contribution in [2.75, 3.05) is 39.9 Å². The Labute approximate surface area is 225 Å². The van der Waals surface area contributed by atoms with E-state index >= 15 is 0 Å². The lowest BCUT2D eigenvalue weighted by Crippen LogP contribution is -2.33. The van der Waals surface area contributed by atoms with Gasteiger partial charge in [0.15, 0.2) is 0 Å². The molecule has 0 aliphatic carbocycles. The second-order valence-electron chi connectivity index (χ2n) is 12.1. The van der Waals surface area contributed by atoms with E-state index in [1.54, 1.807) is 18.0 Å². The summed E-state index contributed by atoms with van der Waals surface area (Å²) in [6.07, 6.45) is 10.4. The summed E-state index contributed by atoms with van der Waals surface area (Å²) in [4.78, 5) is 22.2. The number of likely N-dealkylation sites (tertiary alicyclic amines) is 1. The smallest absolute Gasteiger partial charge is 0.256 e. The monoisotopic (exact) mass is 520 g/mol. The number of fused-ring (bicyclic) bond motifs is 1. The average molecular weight is 521 g/mol. The Hall–Kier alpha value is -2.77. The summed E-state index contributed by atoms with van der Waals surface area (Å²) >= 11 is 0. The summed E-state index contributed by atoms with van der Waals surface area (Å²) in [7, 11) is 1.76. The normalized spacial score (nSPS) is 21.0. The molecule has 0 N–H and O–H groups in total. The molecule has 1 aromatic carbocycles. The molecule has 5 rings (SSSR count). The van der Waals surface area contributed by atoms with Gasteiger partial charge in [-0.2, -0.15) is 0 Å². The number of benzene rings is 1. The van der Waals surface area contributed by atoms with E-state index in [0.29, 0.717) is 11.3 Å². The highest BCUT2D eigenvalue weighted by molar-refractivity contribution is 5.99. The Morgan fingerprint density at radius 1 is 1.26 bits per heavy atom. The first kappa shape index (κ1) is 26.8. The maximum absolute atomic E-state index is 14.4. The molecule has 2 aliphatic rings. The van der Waals surface area contributed by atoms with E-state index in [0.717, 1.165) is 75.5 Å². The van der Waals surface area contributed by atoms with E-state index in [-0.39, 0.29) is 17.4 Å². The molecule has 2 aliphatic heterocycles. The Kier molecular flexibility index (Phi) is 7.60. The molecule has 0 spiro atoms. The van der Waals surface area contributed by atoms with Crippen LogP contribution in [0.1, 0.15) is 61.5 Å². The lowest BCUT2D eigenvalue weighted by Gasteiger charge is -2.29. The van der Waals surface area contributed by atoms with Crippen LogP contribution in [0.3, 0.4) is 0 Å². The van der Waals surface area contributed by atoms with Crippen LogP contribution in [0.15, 0.2) is 36.8 Å². The van der Waals surface area contributed by atoms with Gasteiger partial charge in [0.1, 0.15) is 5.82 Å². The average Bonchev–Trinajstić information content (AvgIpc) is 3.44.